The molecule has 1 aromatic carbocycles. The Balaban J connectivity index is 2.13. The first-order valence-electron chi connectivity index (χ1n) is 8.09. The minimum Gasteiger partial charge on any atom is -0.414 e. The SMILES string of the molecule is CC(=O)[N+]1(C(=O)OC(C)(C)C)CCC(=Cc2ccccc2)CC1. The number of nitrogens with zero attached hydrogens (tertiary/aromatic N) is 1. The summed E-state index contributed by atoms with van der Waals surface area (Å²) in [6, 6.07) is 10.1. The van der Waals surface area contributed by atoms with Gasteiger partial charge in [0.15, 0.2) is 0 Å². The van der Waals surface area contributed by atoms with Gasteiger partial charge in [0.2, 0.25) is 0 Å². The van der Waals surface area contributed by atoms with Crippen LogP contribution in [0.2, 0.25) is 0 Å². The van der Waals surface area contributed by atoms with E-state index in [1.165, 1.54) is 12.5 Å². The van der Waals surface area contributed by atoms with E-state index in [1.54, 1.807) is 0 Å². The van der Waals surface area contributed by atoms with E-state index in [1.807, 2.05) is 39.0 Å². The standard InChI is InChI=1S/C19H26NO3/c1-15(21)20(18(22)23-19(2,3)4)12-10-17(11-13-20)14-16-8-6-5-7-9-16/h5-9,14H,10-13H2,1-4H3/q+1. The number of ether oxygens (including phenoxy) is 1. The van der Waals surface area contributed by atoms with Crippen molar-refractivity contribution in [3.05, 3.63) is 41.5 Å². The van der Waals surface area contributed by atoms with Crippen molar-refractivity contribution in [3.63, 3.8) is 0 Å². The molecule has 0 unspecified atom stereocenters. The molecule has 124 valence electrons. The molecule has 0 N–H and O–H groups in total. The second-order valence-corrected chi connectivity index (χ2v) is 7.13. The van der Waals surface area contributed by atoms with Crippen LogP contribution in [0, 0.1) is 0 Å². The van der Waals surface area contributed by atoms with Gasteiger partial charge in [-0.3, -0.25) is 0 Å². The van der Waals surface area contributed by atoms with Crippen molar-refractivity contribution in [2.24, 2.45) is 0 Å². The average Bonchev–Trinajstić information content (AvgIpc) is 2.47. The Morgan fingerprint density at radius 2 is 1.65 bits per heavy atom. The van der Waals surface area contributed by atoms with Crippen LogP contribution in [-0.4, -0.2) is 35.2 Å². The van der Waals surface area contributed by atoms with Crippen molar-refractivity contribution in [2.75, 3.05) is 13.1 Å². The molecular weight excluding hydrogens is 290 g/mol. The Hall–Kier alpha value is -1.94. The van der Waals surface area contributed by atoms with Crippen LogP contribution < -0.4 is 0 Å². The lowest BCUT2D eigenvalue weighted by molar-refractivity contribution is -0.786. The Morgan fingerprint density at radius 3 is 2.13 bits per heavy atom. The Labute approximate surface area is 138 Å². The second-order valence-electron chi connectivity index (χ2n) is 7.13. The van der Waals surface area contributed by atoms with E-state index in [0.29, 0.717) is 13.1 Å². The zero-order valence-electron chi connectivity index (χ0n) is 14.5. The lowest BCUT2D eigenvalue weighted by atomic mass is 9.99. The van der Waals surface area contributed by atoms with E-state index in [4.69, 9.17) is 4.74 Å². The van der Waals surface area contributed by atoms with E-state index >= 15 is 0 Å². The third-order valence-corrected chi connectivity index (χ3v) is 4.15. The number of carbonyl (C=O) groups excluding carboxylic acids is 2. The maximum absolute atomic E-state index is 12.6. The summed E-state index contributed by atoms with van der Waals surface area (Å²) in [7, 11) is 0. The average molecular weight is 316 g/mol. The van der Waals surface area contributed by atoms with Gasteiger partial charge in [-0.2, -0.15) is 9.28 Å². The van der Waals surface area contributed by atoms with Crippen LogP contribution in [0.25, 0.3) is 6.08 Å². The first-order chi connectivity index (χ1) is 10.7. The molecule has 4 nitrogen and oxygen atoms in total. The van der Waals surface area contributed by atoms with E-state index in [9.17, 15) is 9.59 Å². The summed E-state index contributed by atoms with van der Waals surface area (Å²) in [4.78, 5) is 24.7. The van der Waals surface area contributed by atoms with Gasteiger partial charge < -0.3 is 4.74 Å². The van der Waals surface area contributed by atoms with Gasteiger partial charge in [-0.25, -0.2) is 4.79 Å². The molecule has 0 spiro atoms. The Bertz CT molecular complexity index is 601. The second kappa shape index (κ2) is 6.67. The molecule has 0 aliphatic carbocycles. The summed E-state index contributed by atoms with van der Waals surface area (Å²) in [6.07, 6.45) is 3.19. The largest absolute Gasteiger partial charge is 0.524 e. The number of rotatable bonds is 1. The number of benzene rings is 1. The number of quaternary nitrogens is 1. The minimum atomic E-state index is -0.585. The fraction of sp³-hybridized carbons (Fsp3) is 0.474. The number of carbonyl (C=O) groups is 2. The fourth-order valence-electron chi connectivity index (χ4n) is 2.81. The molecule has 1 fully saturated rings. The van der Waals surface area contributed by atoms with E-state index in [2.05, 4.69) is 18.2 Å². The first-order valence-corrected chi connectivity index (χ1v) is 8.09. The summed E-state index contributed by atoms with van der Waals surface area (Å²) < 4.78 is 5.28. The van der Waals surface area contributed by atoms with Crippen molar-refractivity contribution < 1.29 is 18.8 Å². The summed E-state index contributed by atoms with van der Waals surface area (Å²) in [6.45, 7) is 7.91. The van der Waals surface area contributed by atoms with Gasteiger partial charge in [-0.05, 0) is 26.3 Å². The van der Waals surface area contributed by atoms with Crippen LogP contribution in [0.5, 0.6) is 0 Å². The molecule has 1 aliphatic heterocycles. The fourth-order valence-corrected chi connectivity index (χ4v) is 2.81. The predicted molar refractivity (Wildman–Crippen MR) is 90.6 cm³/mol. The number of piperidine rings is 1. The van der Waals surface area contributed by atoms with E-state index in [-0.39, 0.29) is 10.4 Å². The van der Waals surface area contributed by atoms with Crippen LogP contribution in [0.1, 0.15) is 46.1 Å². The van der Waals surface area contributed by atoms with Gasteiger partial charge in [-0.1, -0.05) is 42.0 Å². The third-order valence-electron chi connectivity index (χ3n) is 4.15. The maximum atomic E-state index is 12.6. The molecule has 1 saturated heterocycles. The number of imide groups is 1. The molecule has 0 bridgehead atoms. The predicted octanol–water partition coefficient (Wildman–Crippen LogP) is 4.16. The summed E-state index contributed by atoms with van der Waals surface area (Å²) in [5.74, 6) is -0.141. The van der Waals surface area contributed by atoms with Crippen molar-refractivity contribution in [3.8, 4) is 0 Å². The molecule has 2 amide bonds. The van der Waals surface area contributed by atoms with Crippen LogP contribution in [0.15, 0.2) is 35.9 Å². The highest BCUT2D eigenvalue weighted by atomic mass is 16.6. The molecule has 23 heavy (non-hydrogen) atoms. The highest BCUT2D eigenvalue weighted by molar-refractivity contribution is 5.79. The van der Waals surface area contributed by atoms with Crippen molar-refractivity contribution in [1.29, 1.82) is 0 Å². The molecule has 1 heterocycles. The Kier molecular flexibility index (Phi) is 5.05. The normalized spacial score (nSPS) is 21.7. The molecule has 0 radical (unpaired) electrons. The van der Waals surface area contributed by atoms with Crippen LogP contribution >= 0.6 is 0 Å². The van der Waals surface area contributed by atoms with Gasteiger partial charge in [0, 0.05) is 12.8 Å². The number of amides is 2. The zero-order valence-corrected chi connectivity index (χ0v) is 14.5. The zero-order chi connectivity index (χ0) is 17.1. The smallest absolute Gasteiger partial charge is 0.414 e. The van der Waals surface area contributed by atoms with Gasteiger partial charge >= 0.3 is 12.0 Å². The van der Waals surface area contributed by atoms with Gasteiger partial charge in [0.25, 0.3) is 0 Å². The number of likely N-dealkylation sites (tertiary alicyclic amines) is 1. The van der Waals surface area contributed by atoms with Gasteiger partial charge in [-0.15, -0.1) is 0 Å². The molecule has 0 saturated carbocycles. The third kappa shape index (κ3) is 4.29. The topological polar surface area (TPSA) is 43.4 Å². The molecular formula is C19H26NO3+. The lowest BCUT2D eigenvalue weighted by Crippen LogP contribution is -2.60. The molecule has 1 aromatic rings. The monoisotopic (exact) mass is 316 g/mol. The quantitative estimate of drug-likeness (QED) is 0.731. The number of hydrogen-bond acceptors (Lipinski definition) is 3. The molecule has 0 aromatic heterocycles. The van der Waals surface area contributed by atoms with Gasteiger partial charge in [0.05, 0.1) is 6.92 Å². The van der Waals surface area contributed by atoms with Crippen molar-refractivity contribution in [1.82, 2.24) is 0 Å². The summed E-state index contributed by atoms with van der Waals surface area (Å²) in [5, 5.41) is 0. The molecule has 2 rings (SSSR count). The van der Waals surface area contributed by atoms with Crippen molar-refractivity contribution in [2.45, 2.75) is 46.1 Å². The Morgan fingerprint density at radius 1 is 1.09 bits per heavy atom. The first kappa shape index (κ1) is 17.4. The van der Waals surface area contributed by atoms with E-state index in [0.717, 1.165) is 18.4 Å². The minimum absolute atomic E-state index is 0.141. The highest BCUT2D eigenvalue weighted by Gasteiger charge is 2.47. The highest BCUT2D eigenvalue weighted by Crippen LogP contribution is 2.28. The molecule has 0 atom stereocenters. The summed E-state index contributed by atoms with van der Waals surface area (Å²) >= 11 is 0. The molecule has 4 heteroatoms. The van der Waals surface area contributed by atoms with Crippen molar-refractivity contribution >= 4 is 18.1 Å². The maximum Gasteiger partial charge on any atom is 0.524 e. The molecule has 1 aliphatic rings. The van der Waals surface area contributed by atoms with Gasteiger partial charge in [0.1, 0.15) is 18.7 Å². The summed E-state index contributed by atoms with van der Waals surface area (Å²) in [5.41, 5.74) is 1.84. The number of hydrogen-bond donors (Lipinski definition) is 0. The van der Waals surface area contributed by atoms with E-state index < -0.39 is 11.7 Å². The van der Waals surface area contributed by atoms with Crippen LogP contribution in [0.3, 0.4) is 0 Å². The lowest BCUT2D eigenvalue weighted by Gasteiger charge is -2.36. The van der Waals surface area contributed by atoms with Crippen LogP contribution in [-0.2, 0) is 9.53 Å². The van der Waals surface area contributed by atoms with Crippen LogP contribution in [0.4, 0.5) is 4.79 Å².